The number of nitrogens with one attached hydrogen (secondary N) is 4. The molecule has 13 heteroatoms. The van der Waals surface area contributed by atoms with Crippen LogP contribution in [0, 0.1) is 0 Å². The number of benzene rings is 2. The van der Waals surface area contributed by atoms with Crippen molar-refractivity contribution >= 4 is 57.7 Å². The fraction of sp³-hybridized carbons (Fsp3) is 0.316. The summed E-state index contributed by atoms with van der Waals surface area (Å²) in [6, 6.07) is 19.6. The standard InChI is InChI=1S/C38H38Cl3N7O3/c1-48(32-14-16-34(50)47-32)20-31-27(17-39)37-30(44-31)13-12-28(45-37)25-7-3-5-23(35(25)40)24-6-4-8-26(36(24)41)29-11-9-21(38(46-29)51-2)18-42-19-22-10-15-33(49)43-22/h3-9,11-13,22,32,42,44H,10,14-20H2,1-2H3,(H,43,49)(H,47,50)/t22-,32-/m0/s1. The van der Waals surface area contributed by atoms with Crippen LogP contribution in [-0.4, -0.2) is 64.6 Å². The van der Waals surface area contributed by atoms with E-state index >= 15 is 0 Å². The summed E-state index contributed by atoms with van der Waals surface area (Å²) in [6.07, 6.45) is 2.69. The highest BCUT2D eigenvalue weighted by Crippen LogP contribution is 2.42. The van der Waals surface area contributed by atoms with Crippen molar-refractivity contribution in [1.82, 2.24) is 35.8 Å². The van der Waals surface area contributed by atoms with Gasteiger partial charge in [-0.15, -0.1) is 11.6 Å². The predicted octanol–water partition coefficient (Wildman–Crippen LogP) is 7.05. The molecular formula is C38H38Cl3N7O3. The number of amides is 2. The van der Waals surface area contributed by atoms with E-state index in [2.05, 4.69) is 25.8 Å². The Labute approximate surface area is 311 Å². The molecule has 51 heavy (non-hydrogen) atoms. The van der Waals surface area contributed by atoms with Crippen LogP contribution in [0.2, 0.25) is 10.0 Å². The number of rotatable bonds is 12. The van der Waals surface area contributed by atoms with Crippen molar-refractivity contribution in [2.75, 3.05) is 20.7 Å². The van der Waals surface area contributed by atoms with E-state index in [1.54, 1.807) is 7.11 Å². The Balaban J connectivity index is 1.15. The van der Waals surface area contributed by atoms with Gasteiger partial charge in [0.2, 0.25) is 17.7 Å². The van der Waals surface area contributed by atoms with E-state index in [0.717, 1.165) is 62.9 Å². The lowest BCUT2D eigenvalue weighted by Gasteiger charge is -2.23. The molecule has 0 aliphatic carbocycles. The molecule has 0 radical (unpaired) electrons. The van der Waals surface area contributed by atoms with Crippen molar-refractivity contribution in [3.8, 4) is 39.5 Å². The van der Waals surface area contributed by atoms with Gasteiger partial charge in [-0.25, -0.2) is 9.97 Å². The van der Waals surface area contributed by atoms with E-state index in [9.17, 15) is 9.59 Å². The number of alkyl halides is 1. The predicted molar refractivity (Wildman–Crippen MR) is 202 cm³/mol. The van der Waals surface area contributed by atoms with Crippen LogP contribution in [0.4, 0.5) is 0 Å². The first-order chi connectivity index (χ1) is 24.7. The minimum atomic E-state index is -0.0132. The van der Waals surface area contributed by atoms with E-state index < -0.39 is 0 Å². The van der Waals surface area contributed by atoms with E-state index in [1.165, 1.54) is 0 Å². The molecule has 4 N–H and O–H groups in total. The molecule has 0 bridgehead atoms. The van der Waals surface area contributed by atoms with Crippen LogP contribution in [0.1, 0.15) is 42.5 Å². The number of H-pyrrole nitrogens is 1. The van der Waals surface area contributed by atoms with Gasteiger partial charge in [-0.05, 0) is 38.1 Å². The van der Waals surface area contributed by atoms with E-state index in [4.69, 9.17) is 49.5 Å². The second kappa shape index (κ2) is 15.2. The van der Waals surface area contributed by atoms with Crippen molar-refractivity contribution in [2.24, 2.45) is 0 Å². The Hall–Kier alpha value is -4.19. The van der Waals surface area contributed by atoms with E-state index in [0.29, 0.717) is 59.8 Å². The highest BCUT2D eigenvalue weighted by Gasteiger charge is 2.26. The maximum absolute atomic E-state index is 11.8. The third-order valence-electron chi connectivity index (χ3n) is 9.64. The summed E-state index contributed by atoms with van der Waals surface area (Å²) < 4.78 is 5.66. The van der Waals surface area contributed by atoms with Gasteiger partial charge in [-0.1, -0.05) is 65.7 Å². The Bertz CT molecular complexity index is 2120. The zero-order valence-electron chi connectivity index (χ0n) is 28.3. The molecule has 2 amide bonds. The van der Waals surface area contributed by atoms with Gasteiger partial charge in [0.1, 0.15) is 0 Å². The lowest BCUT2D eigenvalue weighted by atomic mass is 9.98. The second-order valence-electron chi connectivity index (χ2n) is 13.0. The van der Waals surface area contributed by atoms with Gasteiger partial charge in [0.15, 0.2) is 0 Å². The van der Waals surface area contributed by atoms with Crippen LogP contribution in [0.3, 0.4) is 0 Å². The Morgan fingerprint density at radius 1 is 0.863 bits per heavy atom. The highest BCUT2D eigenvalue weighted by molar-refractivity contribution is 6.39. The molecule has 2 aliphatic rings. The number of nitrogens with zero attached hydrogens (tertiary/aromatic N) is 3. The van der Waals surface area contributed by atoms with Gasteiger partial charge in [-0.3, -0.25) is 14.5 Å². The first kappa shape index (κ1) is 35.2. The molecule has 2 atom stereocenters. The van der Waals surface area contributed by atoms with Crippen LogP contribution in [0.15, 0.2) is 60.7 Å². The second-order valence-corrected chi connectivity index (χ2v) is 14.0. The van der Waals surface area contributed by atoms with Crippen molar-refractivity contribution in [3.63, 3.8) is 0 Å². The average Bonchev–Trinajstić information content (AvgIpc) is 3.86. The number of ether oxygens (including phenoxy) is 1. The van der Waals surface area contributed by atoms with Crippen LogP contribution in [0.5, 0.6) is 5.88 Å². The molecule has 2 fully saturated rings. The number of pyridine rings is 2. The van der Waals surface area contributed by atoms with Gasteiger partial charge in [-0.2, -0.15) is 0 Å². The quantitative estimate of drug-likeness (QED) is 0.101. The van der Waals surface area contributed by atoms with Gasteiger partial charge >= 0.3 is 0 Å². The van der Waals surface area contributed by atoms with Crippen molar-refractivity contribution in [3.05, 3.63) is 87.5 Å². The molecule has 5 heterocycles. The molecule has 264 valence electrons. The number of fused-ring (bicyclic) bond motifs is 1. The summed E-state index contributed by atoms with van der Waals surface area (Å²) >= 11 is 20.8. The number of hydrogen-bond acceptors (Lipinski definition) is 7. The van der Waals surface area contributed by atoms with Gasteiger partial charge < -0.3 is 25.7 Å². The number of aromatic nitrogens is 3. The topological polar surface area (TPSA) is 124 Å². The summed E-state index contributed by atoms with van der Waals surface area (Å²) in [4.78, 5) is 38.8. The molecule has 3 aromatic heterocycles. The van der Waals surface area contributed by atoms with E-state index in [-0.39, 0.29) is 29.9 Å². The van der Waals surface area contributed by atoms with Crippen molar-refractivity contribution < 1.29 is 14.3 Å². The summed E-state index contributed by atoms with van der Waals surface area (Å²) in [7, 11) is 3.59. The Kier molecular flexibility index (Phi) is 10.5. The molecule has 2 aliphatic heterocycles. The molecule has 10 nitrogen and oxygen atoms in total. The maximum atomic E-state index is 11.8. The first-order valence-electron chi connectivity index (χ1n) is 16.9. The smallest absolute Gasteiger partial charge is 0.221 e. The fourth-order valence-electron chi connectivity index (χ4n) is 6.91. The first-order valence-corrected chi connectivity index (χ1v) is 18.2. The van der Waals surface area contributed by atoms with Gasteiger partial charge in [0.05, 0.1) is 51.6 Å². The third-order valence-corrected chi connectivity index (χ3v) is 10.7. The summed E-state index contributed by atoms with van der Waals surface area (Å²) in [5.74, 6) is 0.950. The third kappa shape index (κ3) is 7.29. The number of hydrogen-bond donors (Lipinski definition) is 4. The SMILES string of the molecule is COc1nc(-c2cccc(-c3cccc(-c4ccc5[nH]c(CN(C)[C@H]6CCC(=O)N6)c(CCl)c5n4)c3Cl)c2Cl)ccc1CNC[C@@H]1CCC(=O)N1. The zero-order valence-corrected chi connectivity index (χ0v) is 30.6. The van der Waals surface area contributed by atoms with Crippen LogP contribution in [0.25, 0.3) is 44.7 Å². The van der Waals surface area contributed by atoms with Crippen LogP contribution in [-0.2, 0) is 28.6 Å². The average molecular weight is 747 g/mol. The molecular weight excluding hydrogens is 709 g/mol. The molecule has 5 aromatic rings. The number of carbonyl (C=O) groups excluding carboxylic acids is 2. The molecule has 0 spiro atoms. The van der Waals surface area contributed by atoms with Crippen molar-refractivity contribution in [2.45, 2.75) is 56.9 Å². The van der Waals surface area contributed by atoms with Gasteiger partial charge in [0.25, 0.3) is 0 Å². The number of carbonyl (C=O) groups is 2. The fourth-order valence-corrected chi connectivity index (χ4v) is 7.84. The number of halogens is 3. The van der Waals surface area contributed by atoms with Gasteiger partial charge in [0, 0.05) is 77.6 Å². The number of methoxy groups -OCH3 is 1. The summed E-state index contributed by atoms with van der Waals surface area (Å²) in [6.45, 7) is 1.81. The molecule has 0 unspecified atom stereocenters. The van der Waals surface area contributed by atoms with Crippen LogP contribution < -0.4 is 20.7 Å². The maximum Gasteiger partial charge on any atom is 0.221 e. The Morgan fingerprint density at radius 2 is 1.51 bits per heavy atom. The minimum Gasteiger partial charge on any atom is -0.481 e. The summed E-state index contributed by atoms with van der Waals surface area (Å²) in [5.41, 5.74) is 8.86. The molecule has 2 saturated heterocycles. The normalized spacial score (nSPS) is 17.4. The van der Waals surface area contributed by atoms with Crippen molar-refractivity contribution in [1.29, 1.82) is 0 Å². The molecule has 7 rings (SSSR count). The lowest BCUT2D eigenvalue weighted by Crippen LogP contribution is -2.40. The zero-order chi connectivity index (χ0) is 35.6. The molecule has 0 saturated carbocycles. The minimum absolute atomic E-state index is 0.0132. The number of aromatic amines is 1. The summed E-state index contributed by atoms with van der Waals surface area (Å²) in [5, 5.41) is 10.4. The van der Waals surface area contributed by atoms with E-state index in [1.807, 2.05) is 67.7 Å². The Morgan fingerprint density at radius 3 is 2.14 bits per heavy atom. The highest BCUT2D eigenvalue weighted by atomic mass is 35.5. The lowest BCUT2D eigenvalue weighted by molar-refractivity contribution is -0.120. The molecule has 2 aromatic carbocycles. The largest absolute Gasteiger partial charge is 0.481 e. The van der Waals surface area contributed by atoms with Crippen LogP contribution >= 0.6 is 34.8 Å². The monoisotopic (exact) mass is 745 g/mol.